The second kappa shape index (κ2) is 4.93. The van der Waals surface area contributed by atoms with Crippen molar-refractivity contribution in [1.82, 2.24) is 0 Å². The molecule has 2 aromatic carbocycles. The van der Waals surface area contributed by atoms with Crippen LogP contribution in [0.2, 0.25) is 5.02 Å². The van der Waals surface area contributed by atoms with Crippen LogP contribution in [0.25, 0.3) is 0 Å². The van der Waals surface area contributed by atoms with Gasteiger partial charge in [0.2, 0.25) is 0 Å². The molecule has 0 fully saturated rings. The van der Waals surface area contributed by atoms with Gasteiger partial charge in [-0.05, 0) is 35.9 Å². The van der Waals surface area contributed by atoms with Crippen LogP contribution >= 0.6 is 11.6 Å². The third-order valence-corrected chi connectivity index (χ3v) is 3.43. The summed E-state index contributed by atoms with van der Waals surface area (Å²) < 4.78 is 26.4. The number of hydrogen-bond donors (Lipinski definition) is 0. The van der Waals surface area contributed by atoms with E-state index in [1.165, 1.54) is 18.2 Å². The van der Waals surface area contributed by atoms with Crippen LogP contribution in [0.4, 0.5) is 14.5 Å². The van der Waals surface area contributed by atoms with Crippen LogP contribution in [-0.4, -0.2) is 11.7 Å². The number of benzene rings is 2. The Morgan fingerprint density at radius 3 is 2.33 bits per heavy atom. The number of rotatable bonds is 2. The Morgan fingerprint density at radius 1 is 1.00 bits per heavy atom. The summed E-state index contributed by atoms with van der Waals surface area (Å²) in [5.74, 6) is -2.88. The van der Waals surface area contributed by atoms with Gasteiger partial charge in [-0.1, -0.05) is 11.6 Å². The zero-order valence-corrected chi connectivity index (χ0v) is 11.3. The molecule has 21 heavy (non-hydrogen) atoms. The number of ketones is 1. The fourth-order valence-electron chi connectivity index (χ4n) is 2.31. The molecule has 0 aliphatic carbocycles. The summed E-state index contributed by atoms with van der Waals surface area (Å²) in [7, 11) is 0. The topological polar surface area (TPSA) is 37.4 Å². The molecule has 6 heteroatoms. The zero-order valence-electron chi connectivity index (χ0n) is 10.6. The van der Waals surface area contributed by atoms with Crippen molar-refractivity contribution in [3.63, 3.8) is 0 Å². The van der Waals surface area contributed by atoms with Gasteiger partial charge in [-0.25, -0.2) is 8.78 Å². The minimum Gasteiger partial charge on any atom is -0.300 e. The van der Waals surface area contributed by atoms with Gasteiger partial charge in [-0.2, -0.15) is 0 Å². The largest absolute Gasteiger partial charge is 0.300 e. The minimum atomic E-state index is -0.741. The normalized spacial score (nSPS) is 13.8. The van der Waals surface area contributed by atoms with Crippen LogP contribution in [0.15, 0.2) is 36.4 Å². The predicted molar refractivity (Wildman–Crippen MR) is 73.3 cm³/mol. The van der Waals surface area contributed by atoms with Crippen molar-refractivity contribution < 1.29 is 18.4 Å². The van der Waals surface area contributed by atoms with Gasteiger partial charge >= 0.3 is 0 Å². The van der Waals surface area contributed by atoms with E-state index < -0.39 is 23.3 Å². The van der Waals surface area contributed by atoms with Gasteiger partial charge < -0.3 is 4.90 Å². The fraction of sp³-hybridized carbons (Fsp3) is 0.0667. The maximum atomic E-state index is 13.2. The quantitative estimate of drug-likeness (QED) is 0.798. The summed E-state index contributed by atoms with van der Waals surface area (Å²) in [6.07, 6.45) is 0. The first-order valence-electron chi connectivity index (χ1n) is 6.06. The van der Waals surface area contributed by atoms with Crippen molar-refractivity contribution in [2.24, 2.45) is 0 Å². The smallest absolute Gasteiger partial charge is 0.299 e. The van der Waals surface area contributed by atoms with Crippen molar-refractivity contribution in [2.45, 2.75) is 6.54 Å². The summed E-state index contributed by atoms with van der Waals surface area (Å²) in [5, 5.41) is 0.367. The standard InChI is InChI=1S/C15H8ClF2NO2/c16-9-1-2-12-13(5-9)19(15(21)14(12)20)7-8-3-10(17)6-11(18)4-8/h1-6H,7H2. The van der Waals surface area contributed by atoms with Crippen LogP contribution in [-0.2, 0) is 11.3 Å². The second-order valence-corrected chi connectivity index (χ2v) is 5.10. The van der Waals surface area contributed by atoms with Crippen LogP contribution in [0.5, 0.6) is 0 Å². The van der Waals surface area contributed by atoms with Gasteiger partial charge in [0.1, 0.15) is 11.6 Å². The molecular weight excluding hydrogens is 300 g/mol. The number of fused-ring (bicyclic) bond motifs is 1. The second-order valence-electron chi connectivity index (χ2n) is 4.66. The van der Waals surface area contributed by atoms with E-state index in [4.69, 9.17) is 11.6 Å². The van der Waals surface area contributed by atoms with Crippen LogP contribution in [0, 0.1) is 11.6 Å². The van der Waals surface area contributed by atoms with Gasteiger partial charge in [0.25, 0.3) is 11.7 Å². The molecular formula is C15H8ClF2NO2. The number of Topliss-reactive ketones (excluding diaryl/α,β-unsaturated/α-hetero) is 1. The number of halogens is 3. The average Bonchev–Trinajstić information content (AvgIpc) is 2.62. The number of nitrogens with zero attached hydrogens (tertiary/aromatic N) is 1. The Labute approximate surface area is 123 Å². The molecule has 0 atom stereocenters. The number of carbonyl (C=O) groups excluding carboxylic acids is 2. The van der Waals surface area contributed by atoms with Crippen molar-refractivity contribution in [3.8, 4) is 0 Å². The van der Waals surface area contributed by atoms with E-state index in [-0.39, 0.29) is 17.7 Å². The summed E-state index contributed by atoms with van der Waals surface area (Å²) >= 11 is 5.87. The van der Waals surface area contributed by atoms with Crippen molar-refractivity contribution in [1.29, 1.82) is 0 Å². The molecule has 106 valence electrons. The van der Waals surface area contributed by atoms with Gasteiger partial charge in [0.05, 0.1) is 17.8 Å². The zero-order chi connectivity index (χ0) is 15.1. The van der Waals surface area contributed by atoms with E-state index in [0.29, 0.717) is 10.7 Å². The van der Waals surface area contributed by atoms with Gasteiger partial charge in [0.15, 0.2) is 0 Å². The summed E-state index contributed by atoms with van der Waals surface area (Å²) in [5.41, 5.74) is 0.838. The first kappa shape index (κ1) is 13.7. The Balaban J connectivity index is 2.01. The fourth-order valence-corrected chi connectivity index (χ4v) is 2.48. The van der Waals surface area contributed by atoms with E-state index in [2.05, 4.69) is 0 Å². The number of anilines is 1. The third kappa shape index (κ3) is 2.40. The summed E-state index contributed by atoms with van der Waals surface area (Å²) in [6.45, 7) is -0.105. The van der Waals surface area contributed by atoms with Crippen LogP contribution in [0.1, 0.15) is 15.9 Å². The van der Waals surface area contributed by atoms with Crippen molar-refractivity contribution in [3.05, 3.63) is 64.2 Å². The summed E-state index contributed by atoms with van der Waals surface area (Å²) in [4.78, 5) is 25.0. The molecule has 0 spiro atoms. The molecule has 0 radical (unpaired) electrons. The lowest BCUT2D eigenvalue weighted by atomic mass is 10.1. The molecule has 0 N–H and O–H groups in total. The van der Waals surface area contributed by atoms with Gasteiger partial charge in [0, 0.05) is 11.1 Å². The Hall–Kier alpha value is -2.27. The average molecular weight is 308 g/mol. The third-order valence-electron chi connectivity index (χ3n) is 3.20. The maximum Gasteiger partial charge on any atom is 0.299 e. The Bertz CT molecular complexity index is 756. The first-order chi connectivity index (χ1) is 9.95. The number of carbonyl (C=O) groups is 2. The van der Waals surface area contributed by atoms with Crippen molar-refractivity contribution in [2.75, 3.05) is 4.90 Å². The lowest BCUT2D eigenvalue weighted by molar-refractivity contribution is -0.114. The molecule has 3 nitrogen and oxygen atoms in total. The predicted octanol–water partition coefficient (Wildman–Crippen LogP) is 3.35. The molecule has 3 rings (SSSR count). The minimum absolute atomic E-state index is 0.105. The lowest BCUT2D eigenvalue weighted by Crippen LogP contribution is -2.29. The van der Waals surface area contributed by atoms with E-state index in [1.54, 1.807) is 0 Å². The molecule has 1 heterocycles. The highest BCUT2D eigenvalue weighted by molar-refractivity contribution is 6.52. The van der Waals surface area contributed by atoms with Gasteiger partial charge in [-0.15, -0.1) is 0 Å². The highest BCUT2D eigenvalue weighted by Crippen LogP contribution is 2.32. The summed E-state index contributed by atoms with van der Waals surface area (Å²) in [6, 6.07) is 7.42. The molecule has 0 saturated carbocycles. The van der Waals surface area contributed by atoms with E-state index in [0.717, 1.165) is 23.1 Å². The molecule has 1 amide bonds. The lowest BCUT2D eigenvalue weighted by Gasteiger charge is -2.16. The molecule has 0 saturated heterocycles. The van der Waals surface area contributed by atoms with E-state index >= 15 is 0 Å². The van der Waals surface area contributed by atoms with Crippen LogP contribution in [0.3, 0.4) is 0 Å². The Kier molecular flexibility index (Phi) is 3.22. The Morgan fingerprint density at radius 2 is 1.67 bits per heavy atom. The molecule has 0 aromatic heterocycles. The highest BCUT2D eigenvalue weighted by Gasteiger charge is 2.35. The van der Waals surface area contributed by atoms with Crippen molar-refractivity contribution >= 4 is 29.0 Å². The van der Waals surface area contributed by atoms with E-state index in [1.807, 2.05) is 0 Å². The number of amides is 1. The van der Waals surface area contributed by atoms with Crippen LogP contribution < -0.4 is 4.90 Å². The monoisotopic (exact) mass is 307 g/mol. The maximum absolute atomic E-state index is 13.2. The molecule has 2 aromatic rings. The van der Waals surface area contributed by atoms with E-state index in [9.17, 15) is 18.4 Å². The first-order valence-corrected chi connectivity index (χ1v) is 6.44. The van der Waals surface area contributed by atoms with Gasteiger partial charge in [-0.3, -0.25) is 9.59 Å². The molecule has 0 bridgehead atoms. The molecule has 1 aliphatic heterocycles. The molecule has 1 aliphatic rings. The molecule has 0 unspecified atom stereocenters. The SMILES string of the molecule is O=C1C(=O)N(Cc2cc(F)cc(F)c2)c2cc(Cl)ccc21. The highest BCUT2D eigenvalue weighted by atomic mass is 35.5. The number of hydrogen-bond acceptors (Lipinski definition) is 2.